The van der Waals surface area contributed by atoms with E-state index >= 15 is 0 Å². The van der Waals surface area contributed by atoms with Crippen molar-refractivity contribution in [3.63, 3.8) is 0 Å². The third-order valence-electron chi connectivity index (χ3n) is 3.83. The molecule has 1 aliphatic carbocycles. The molecule has 0 amide bonds. The van der Waals surface area contributed by atoms with Crippen LogP contribution in [-0.2, 0) is 18.3 Å². The highest BCUT2D eigenvalue weighted by Crippen LogP contribution is 2.30. The molecule has 0 atom stereocenters. The van der Waals surface area contributed by atoms with E-state index in [1.54, 1.807) is 0 Å². The second-order valence-corrected chi connectivity index (χ2v) is 6.50. The van der Waals surface area contributed by atoms with E-state index in [-0.39, 0.29) is 5.41 Å². The van der Waals surface area contributed by atoms with Gasteiger partial charge in [0.05, 0.1) is 5.69 Å². The fourth-order valence-electron chi connectivity index (χ4n) is 2.73. The summed E-state index contributed by atoms with van der Waals surface area (Å²) in [5.41, 5.74) is 10.2. The number of hydrogen-bond donors (Lipinski definition) is 2. The van der Waals surface area contributed by atoms with Gasteiger partial charge in [0, 0.05) is 35.8 Å². The molecule has 20 heavy (non-hydrogen) atoms. The molecule has 108 valence electrons. The van der Waals surface area contributed by atoms with E-state index in [9.17, 15) is 0 Å². The highest BCUT2D eigenvalue weighted by atomic mass is 15.3. The maximum absolute atomic E-state index is 5.63. The van der Waals surface area contributed by atoms with Crippen molar-refractivity contribution >= 4 is 11.5 Å². The summed E-state index contributed by atoms with van der Waals surface area (Å²) in [4.78, 5) is 4.79. The Morgan fingerprint density at radius 3 is 2.85 bits per heavy atom. The molecule has 3 N–H and O–H groups in total. The molecule has 2 heterocycles. The van der Waals surface area contributed by atoms with Crippen LogP contribution in [0.3, 0.4) is 0 Å². The summed E-state index contributed by atoms with van der Waals surface area (Å²) in [6, 6.07) is 2.10. The molecule has 5 nitrogen and oxygen atoms in total. The quantitative estimate of drug-likeness (QED) is 0.896. The zero-order chi connectivity index (χ0) is 14.3. The SMILES string of the molecule is CC(C)(C)c1cc2nc3c(c(NCCN)n2n1)CCC3. The Hall–Kier alpha value is -1.62. The fourth-order valence-corrected chi connectivity index (χ4v) is 2.73. The number of hydrogen-bond acceptors (Lipinski definition) is 4. The third-order valence-corrected chi connectivity index (χ3v) is 3.83. The summed E-state index contributed by atoms with van der Waals surface area (Å²) < 4.78 is 1.96. The number of nitrogens with one attached hydrogen (secondary N) is 1. The molecular weight excluding hydrogens is 250 g/mol. The highest BCUT2D eigenvalue weighted by molar-refractivity contribution is 5.58. The summed E-state index contributed by atoms with van der Waals surface area (Å²) in [5, 5.41) is 8.20. The zero-order valence-electron chi connectivity index (χ0n) is 12.5. The van der Waals surface area contributed by atoms with Crippen molar-refractivity contribution in [1.82, 2.24) is 14.6 Å². The van der Waals surface area contributed by atoms with Gasteiger partial charge in [-0.1, -0.05) is 20.8 Å². The molecule has 0 unspecified atom stereocenters. The summed E-state index contributed by atoms with van der Waals surface area (Å²) in [6.45, 7) is 7.91. The van der Waals surface area contributed by atoms with Gasteiger partial charge in [-0.05, 0) is 19.3 Å². The van der Waals surface area contributed by atoms with E-state index in [0.29, 0.717) is 6.54 Å². The normalized spacial score (nSPS) is 14.8. The van der Waals surface area contributed by atoms with Gasteiger partial charge in [-0.3, -0.25) is 0 Å². The Morgan fingerprint density at radius 1 is 1.35 bits per heavy atom. The number of nitrogens with two attached hydrogens (primary N) is 1. The molecule has 3 rings (SSSR count). The Bertz CT molecular complexity index is 636. The van der Waals surface area contributed by atoms with Crippen molar-refractivity contribution in [3.05, 3.63) is 23.0 Å². The number of fused-ring (bicyclic) bond motifs is 2. The average Bonchev–Trinajstić information content (AvgIpc) is 2.99. The summed E-state index contributed by atoms with van der Waals surface area (Å²) in [7, 11) is 0. The van der Waals surface area contributed by atoms with Crippen LogP contribution in [0.1, 0.15) is 44.1 Å². The van der Waals surface area contributed by atoms with Gasteiger partial charge in [-0.25, -0.2) is 4.98 Å². The second-order valence-electron chi connectivity index (χ2n) is 6.50. The monoisotopic (exact) mass is 273 g/mol. The van der Waals surface area contributed by atoms with Gasteiger partial charge in [0.25, 0.3) is 0 Å². The van der Waals surface area contributed by atoms with Gasteiger partial charge in [-0.2, -0.15) is 9.61 Å². The van der Waals surface area contributed by atoms with Crippen LogP contribution in [0.25, 0.3) is 5.65 Å². The van der Waals surface area contributed by atoms with Crippen LogP contribution in [0.5, 0.6) is 0 Å². The van der Waals surface area contributed by atoms with E-state index in [2.05, 4.69) is 32.2 Å². The predicted octanol–water partition coefficient (Wildman–Crippen LogP) is 1.89. The molecule has 1 aliphatic rings. The third kappa shape index (κ3) is 2.16. The first-order valence-corrected chi connectivity index (χ1v) is 7.36. The minimum absolute atomic E-state index is 0.0310. The zero-order valence-corrected chi connectivity index (χ0v) is 12.5. The Kier molecular flexibility index (Phi) is 3.17. The van der Waals surface area contributed by atoms with Gasteiger partial charge in [0.2, 0.25) is 0 Å². The number of aryl methyl sites for hydroxylation is 1. The maximum Gasteiger partial charge on any atom is 0.157 e. The van der Waals surface area contributed by atoms with Crippen LogP contribution in [0.15, 0.2) is 6.07 Å². The minimum Gasteiger partial charge on any atom is -0.368 e. The van der Waals surface area contributed by atoms with Crippen LogP contribution >= 0.6 is 0 Å². The summed E-state index contributed by atoms with van der Waals surface area (Å²) >= 11 is 0. The standard InChI is InChI=1S/C15H23N5/c1-15(2,3)12-9-13-18-11-6-4-5-10(11)14(17-8-7-16)20(13)19-12/h9,17H,4-8,16H2,1-3H3. The van der Waals surface area contributed by atoms with Gasteiger partial charge < -0.3 is 11.1 Å². The first kappa shape index (κ1) is 13.4. The lowest BCUT2D eigenvalue weighted by Crippen LogP contribution is -2.18. The maximum atomic E-state index is 5.63. The summed E-state index contributed by atoms with van der Waals surface area (Å²) in [5.74, 6) is 1.09. The largest absolute Gasteiger partial charge is 0.368 e. The first-order valence-electron chi connectivity index (χ1n) is 7.36. The molecule has 0 fully saturated rings. The molecule has 0 saturated carbocycles. The highest BCUT2D eigenvalue weighted by Gasteiger charge is 2.24. The number of nitrogens with zero attached hydrogens (tertiary/aromatic N) is 3. The van der Waals surface area contributed by atoms with E-state index in [4.69, 9.17) is 15.8 Å². The Labute approximate surface area is 119 Å². The molecule has 0 radical (unpaired) electrons. The van der Waals surface area contributed by atoms with E-state index < -0.39 is 0 Å². The van der Waals surface area contributed by atoms with Crippen molar-refractivity contribution in [2.45, 2.75) is 45.4 Å². The van der Waals surface area contributed by atoms with Crippen LogP contribution in [0.2, 0.25) is 0 Å². The topological polar surface area (TPSA) is 68.2 Å². The average molecular weight is 273 g/mol. The van der Waals surface area contributed by atoms with Crippen molar-refractivity contribution < 1.29 is 0 Å². The molecule has 0 saturated heterocycles. The van der Waals surface area contributed by atoms with Gasteiger partial charge in [0.1, 0.15) is 5.82 Å². The van der Waals surface area contributed by atoms with Crippen molar-refractivity contribution in [1.29, 1.82) is 0 Å². The molecule has 0 aromatic carbocycles. The first-order chi connectivity index (χ1) is 9.50. The Balaban J connectivity index is 2.18. The number of anilines is 1. The second kappa shape index (κ2) is 4.74. The molecule has 2 aromatic heterocycles. The van der Waals surface area contributed by atoms with E-state index in [1.165, 1.54) is 17.7 Å². The van der Waals surface area contributed by atoms with Crippen LogP contribution in [0.4, 0.5) is 5.82 Å². The van der Waals surface area contributed by atoms with Gasteiger partial charge >= 0.3 is 0 Å². The molecule has 0 aliphatic heterocycles. The van der Waals surface area contributed by atoms with E-state index in [0.717, 1.165) is 36.5 Å². The smallest absolute Gasteiger partial charge is 0.157 e. The number of aromatic nitrogens is 3. The summed E-state index contributed by atoms with van der Waals surface area (Å²) in [6.07, 6.45) is 3.33. The van der Waals surface area contributed by atoms with Crippen LogP contribution in [0, 0.1) is 0 Å². The lowest BCUT2D eigenvalue weighted by Gasteiger charge is -2.14. The van der Waals surface area contributed by atoms with Gasteiger partial charge in [0.15, 0.2) is 5.65 Å². The van der Waals surface area contributed by atoms with Crippen LogP contribution < -0.4 is 11.1 Å². The molecule has 0 spiro atoms. The lowest BCUT2D eigenvalue weighted by atomic mass is 9.93. The predicted molar refractivity (Wildman–Crippen MR) is 81.3 cm³/mol. The van der Waals surface area contributed by atoms with Crippen LogP contribution in [-0.4, -0.2) is 27.7 Å². The molecule has 0 bridgehead atoms. The molecule has 5 heteroatoms. The van der Waals surface area contributed by atoms with Crippen molar-refractivity contribution in [3.8, 4) is 0 Å². The van der Waals surface area contributed by atoms with Crippen molar-refractivity contribution in [2.24, 2.45) is 5.73 Å². The van der Waals surface area contributed by atoms with Crippen molar-refractivity contribution in [2.75, 3.05) is 18.4 Å². The minimum atomic E-state index is 0.0310. The molecule has 2 aromatic rings. The van der Waals surface area contributed by atoms with Gasteiger partial charge in [-0.15, -0.1) is 0 Å². The Morgan fingerprint density at radius 2 is 2.15 bits per heavy atom. The molecular formula is C15H23N5. The number of rotatable bonds is 3. The fraction of sp³-hybridized carbons (Fsp3) is 0.600. The lowest BCUT2D eigenvalue weighted by molar-refractivity contribution is 0.563. The van der Waals surface area contributed by atoms with E-state index in [1.807, 2.05) is 4.52 Å².